The van der Waals surface area contributed by atoms with Crippen LogP contribution >= 0.6 is 0 Å². The normalized spacial score (nSPS) is 20.6. The molecule has 2 aliphatic rings. The Kier molecular flexibility index (Phi) is 4.40. The first-order valence-electron chi connectivity index (χ1n) is 7.65. The van der Waals surface area contributed by atoms with Gasteiger partial charge in [0, 0.05) is 43.9 Å². The van der Waals surface area contributed by atoms with Crippen molar-refractivity contribution in [1.82, 2.24) is 5.32 Å². The molecule has 1 unspecified atom stereocenters. The second-order valence-corrected chi connectivity index (χ2v) is 5.74. The van der Waals surface area contributed by atoms with Crippen LogP contribution < -0.4 is 15.5 Å². The molecule has 0 spiro atoms. The van der Waals surface area contributed by atoms with Gasteiger partial charge in [-0.3, -0.25) is 9.59 Å². The molecule has 0 aromatic heterocycles. The second-order valence-electron chi connectivity index (χ2n) is 5.74. The molecule has 3 rings (SSSR count). The average Bonchev–Trinajstić information content (AvgIpc) is 2.91. The Morgan fingerprint density at radius 1 is 1.45 bits per heavy atom. The molecule has 2 N–H and O–H groups in total. The molecule has 0 radical (unpaired) electrons. The Labute approximate surface area is 129 Å². The Balaban J connectivity index is 1.61. The molecule has 118 valence electrons. The van der Waals surface area contributed by atoms with Crippen LogP contribution in [0.2, 0.25) is 0 Å². The third kappa shape index (κ3) is 3.28. The van der Waals surface area contributed by atoms with Crippen molar-refractivity contribution in [1.29, 1.82) is 0 Å². The molecular weight excluding hydrogens is 282 g/mol. The van der Waals surface area contributed by atoms with E-state index in [9.17, 15) is 9.59 Å². The quantitative estimate of drug-likeness (QED) is 0.871. The van der Waals surface area contributed by atoms with E-state index in [1.165, 1.54) is 0 Å². The summed E-state index contributed by atoms with van der Waals surface area (Å²) in [5, 5.41) is 6.19. The van der Waals surface area contributed by atoms with Gasteiger partial charge in [-0.25, -0.2) is 0 Å². The highest BCUT2D eigenvalue weighted by atomic mass is 16.5. The fourth-order valence-corrected chi connectivity index (χ4v) is 2.99. The monoisotopic (exact) mass is 303 g/mol. The van der Waals surface area contributed by atoms with Crippen LogP contribution in [0.4, 0.5) is 11.4 Å². The Morgan fingerprint density at radius 2 is 2.32 bits per heavy atom. The van der Waals surface area contributed by atoms with E-state index in [0.29, 0.717) is 26.2 Å². The number of carbonyl (C=O) groups is 2. The molecule has 2 amide bonds. The van der Waals surface area contributed by atoms with E-state index in [-0.39, 0.29) is 17.9 Å². The van der Waals surface area contributed by atoms with Gasteiger partial charge in [0.15, 0.2) is 0 Å². The average molecular weight is 303 g/mol. The SMILES string of the molecule is CC(=O)N1CCc2cc(NC(=O)CC3COCCN3)ccc21. The van der Waals surface area contributed by atoms with Gasteiger partial charge in [-0.05, 0) is 30.2 Å². The maximum atomic E-state index is 12.1. The highest BCUT2D eigenvalue weighted by molar-refractivity contribution is 5.95. The first-order valence-corrected chi connectivity index (χ1v) is 7.65. The van der Waals surface area contributed by atoms with Gasteiger partial charge in [0.05, 0.1) is 13.2 Å². The van der Waals surface area contributed by atoms with Gasteiger partial charge in [0.1, 0.15) is 0 Å². The van der Waals surface area contributed by atoms with Crippen LogP contribution in [0.25, 0.3) is 0 Å². The summed E-state index contributed by atoms with van der Waals surface area (Å²) in [6.45, 7) is 4.36. The third-order valence-corrected chi connectivity index (χ3v) is 4.07. The molecule has 6 nitrogen and oxygen atoms in total. The Morgan fingerprint density at radius 3 is 3.05 bits per heavy atom. The summed E-state index contributed by atoms with van der Waals surface area (Å²) in [6, 6.07) is 5.79. The molecule has 2 heterocycles. The zero-order valence-electron chi connectivity index (χ0n) is 12.7. The number of hydrogen-bond acceptors (Lipinski definition) is 4. The van der Waals surface area contributed by atoms with Gasteiger partial charge in [0.2, 0.25) is 11.8 Å². The van der Waals surface area contributed by atoms with E-state index < -0.39 is 0 Å². The van der Waals surface area contributed by atoms with Crippen LogP contribution in [0.1, 0.15) is 18.9 Å². The van der Waals surface area contributed by atoms with Crippen LogP contribution in [0.5, 0.6) is 0 Å². The topological polar surface area (TPSA) is 70.7 Å². The van der Waals surface area contributed by atoms with Crippen molar-refractivity contribution in [2.45, 2.75) is 25.8 Å². The number of rotatable bonds is 3. The lowest BCUT2D eigenvalue weighted by molar-refractivity contribution is -0.117. The van der Waals surface area contributed by atoms with Crippen molar-refractivity contribution in [3.05, 3.63) is 23.8 Å². The summed E-state index contributed by atoms with van der Waals surface area (Å²) in [7, 11) is 0. The van der Waals surface area contributed by atoms with E-state index in [4.69, 9.17) is 4.74 Å². The van der Waals surface area contributed by atoms with Crippen LogP contribution in [0.15, 0.2) is 18.2 Å². The maximum Gasteiger partial charge on any atom is 0.226 e. The number of nitrogens with one attached hydrogen (secondary N) is 2. The summed E-state index contributed by atoms with van der Waals surface area (Å²) in [5.41, 5.74) is 2.84. The molecule has 0 saturated carbocycles. The molecule has 0 bridgehead atoms. The first-order chi connectivity index (χ1) is 10.6. The van der Waals surface area contributed by atoms with E-state index in [2.05, 4.69) is 10.6 Å². The summed E-state index contributed by atoms with van der Waals surface area (Å²) in [4.78, 5) is 25.4. The van der Waals surface area contributed by atoms with Crippen LogP contribution in [0, 0.1) is 0 Å². The number of nitrogens with zero attached hydrogens (tertiary/aromatic N) is 1. The minimum Gasteiger partial charge on any atom is -0.378 e. The fraction of sp³-hybridized carbons (Fsp3) is 0.500. The van der Waals surface area contributed by atoms with E-state index in [0.717, 1.165) is 29.9 Å². The van der Waals surface area contributed by atoms with Gasteiger partial charge in [0.25, 0.3) is 0 Å². The largest absolute Gasteiger partial charge is 0.378 e. The summed E-state index contributed by atoms with van der Waals surface area (Å²) < 4.78 is 5.35. The number of fused-ring (bicyclic) bond motifs is 1. The molecule has 6 heteroatoms. The van der Waals surface area contributed by atoms with Crippen molar-refractivity contribution in [3.63, 3.8) is 0 Å². The minimum absolute atomic E-state index is 0.0237. The molecule has 1 aromatic rings. The van der Waals surface area contributed by atoms with Crippen molar-refractivity contribution < 1.29 is 14.3 Å². The van der Waals surface area contributed by atoms with Crippen molar-refractivity contribution in [2.24, 2.45) is 0 Å². The lowest BCUT2D eigenvalue weighted by Gasteiger charge is -2.23. The fourth-order valence-electron chi connectivity index (χ4n) is 2.99. The van der Waals surface area contributed by atoms with Gasteiger partial charge in [-0.1, -0.05) is 0 Å². The number of anilines is 2. The maximum absolute atomic E-state index is 12.1. The zero-order chi connectivity index (χ0) is 15.5. The highest BCUT2D eigenvalue weighted by Gasteiger charge is 2.22. The standard InChI is InChI=1S/C16H21N3O3/c1-11(20)19-6-4-12-8-13(2-3-15(12)19)18-16(21)9-14-10-22-7-5-17-14/h2-3,8,14,17H,4-7,9-10H2,1H3,(H,18,21). The molecular formula is C16H21N3O3. The van der Waals surface area contributed by atoms with Crippen molar-refractivity contribution in [2.75, 3.05) is 36.5 Å². The Bertz CT molecular complexity index is 582. The predicted molar refractivity (Wildman–Crippen MR) is 84.0 cm³/mol. The third-order valence-electron chi connectivity index (χ3n) is 4.07. The summed E-state index contributed by atoms with van der Waals surface area (Å²) in [6.07, 6.45) is 1.23. The summed E-state index contributed by atoms with van der Waals surface area (Å²) in [5.74, 6) is 0.0308. The Hall–Kier alpha value is -1.92. The molecule has 1 aromatic carbocycles. The van der Waals surface area contributed by atoms with Crippen LogP contribution in [-0.4, -0.2) is 44.2 Å². The molecule has 1 atom stereocenters. The van der Waals surface area contributed by atoms with Crippen molar-refractivity contribution in [3.8, 4) is 0 Å². The highest BCUT2D eigenvalue weighted by Crippen LogP contribution is 2.30. The first kappa shape index (κ1) is 15.0. The lowest BCUT2D eigenvalue weighted by Crippen LogP contribution is -2.43. The van der Waals surface area contributed by atoms with Gasteiger partial charge in [-0.2, -0.15) is 0 Å². The molecule has 1 saturated heterocycles. The van der Waals surface area contributed by atoms with E-state index in [1.807, 2.05) is 18.2 Å². The van der Waals surface area contributed by atoms with Gasteiger partial charge in [-0.15, -0.1) is 0 Å². The van der Waals surface area contributed by atoms with E-state index >= 15 is 0 Å². The molecule has 22 heavy (non-hydrogen) atoms. The smallest absolute Gasteiger partial charge is 0.226 e. The zero-order valence-corrected chi connectivity index (χ0v) is 12.7. The van der Waals surface area contributed by atoms with Crippen molar-refractivity contribution >= 4 is 23.2 Å². The lowest BCUT2D eigenvalue weighted by atomic mass is 10.1. The number of benzene rings is 1. The van der Waals surface area contributed by atoms with Gasteiger partial charge < -0.3 is 20.3 Å². The summed E-state index contributed by atoms with van der Waals surface area (Å²) >= 11 is 0. The second kappa shape index (κ2) is 6.46. The number of morpholine rings is 1. The molecule has 2 aliphatic heterocycles. The van der Waals surface area contributed by atoms with Gasteiger partial charge >= 0.3 is 0 Å². The number of hydrogen-bond donors (Lipinski definition) is 2. The van der Waals surface area contributed by atoms with Crippen LogP contribution in [0.3, 0.4) is 0 Å². The minimum atomic E-state index is -0.0237. The predicted octanol–water partition coefficient (Wildman–Crippen LogP) is 0.913. The molecule has 1 fully saturated rings. The number of ether oxygens (including phenoxy) is 1. The number of carbonyl (C=O) groups excluding carboxylic acids is 2. The van der Waals surface area contributed by atoms with Crippen LogP contribution in [-0.2, 0) is 20.7 Å². The molecule has 0 aliphatic carbocycles. The van der Waals surface area contributed by atoms with E-state index in [1.54, 1.807) is 11.8 Å². The number of amides is 2.